The number of amides is 1. The topological polar surface area (TPSA) is 50.4 Å². The van der Waals surface area contributed by atoms with Crippen molar-refractivity contribution in [1.82, 2.24) is 10.6 Å². The Morgan fingerprint density at radius 2 is 1.81 bits per heavy atom. The zero-order valence-electron chi connectivity index (χ0n) is 11.3. The Balaban J connectivity index is 4.04. The molecule has 0 heterocycles. The van der Waals surface area contributed by atoms with E-state index in [9.17, 15) is 4.79 Å². The monoisotopic (exact) mass is 230 g/mol. The zero-order valence-corrected chi connectivity index (χ0v) is 11.3. The quantitative estimate of drug-likeness (QED) is 0.693. The van der Waals surface area contributed by atoms with Gasteiger partial charge in [0, 0.05) is 19.2 Å². The average Bonchev–Trinajstić information content (AvgIpc) is 2.27. The van der Waals surface area contributed by atoms with Crippen LogP contribution in [0.3, 0.4) is 0 Å². The summed E-state index contributed by atoms with van der Waals surface area (Å²) in [7, 11) is 1.67. The van der Waals surface area contributed by atoms with Gasteiger partial charge in [-0.05, 0) is 34.1 Å². The zero-order chi connectivity index (χ0) is 12.7. The van der Waals surface area contributed by atoms with E-state index in [2.05, 4.69) is 17.6 Å². The maximum atomic E-state index is 11.7. The average molecular weight is 230 g/mol. The van der Waals surface area contributed by atoms with Crippen molar-refractivity contribution < 1.29 is 9.53 Å². The smallest absolute Gasteiger partial charge is 0.237 e. The third kappa shape index (κ3) is 5.47. The molecule has 4 heteroatoms. The van der Waals surface area contributed by atoms with Crippen LogP contribution in [0, 0.1) is 0 Å². The van der Waals surface area contributed by atoms with Gasteiger partial charge < -0.3 is 15.4 Å². The van der Waals surface area contributed by atoms with E-state index >= 15 is 0 Å². The van der Waals surface area contributed by atoms with E-state index < -0.39 is 0 Å². The molecular weight excluding hydrogens is 204 g/mol. The standard InChI is InChI=1S/C12H26N2O2/c1-7-8(2)13-12(15)10(4)14-9(3)11(5)16-6/h8-11,14H,7H2,1-6H3,(H,13,15). The number of rotatable bonds is 7. The highest BCUT2D eigenvalue weighted by molar-refractivity contribution is 5.81. The predicted octanol–water partition coefficient (Wildman–Crippen LogP) is 1.30. The number of ether oxygens (including phenoxy) is 1. The highest BCUT2D eigenvalue weighted by atomic mass is 16.5. The molecule has 0 fully saturated rings. The molecule has 0 aliphatic rings. The number of nitrogens with one attached hydrogen (secondary N) is 2. The summed E-state index contributed by atoms with van der Waals surface area (Å²) >= 11 is 0. The van der Waals surface area contributed by atoms with Crippen LogP contribution in [-0.4, -0.2) is 37.2 Å². The van der Waals surface area contributed by atoms with E-state index in [-0.39, 0.29) is 30.1 Å². The maximum absolute atomic E-state index is 11.7. The molecule has 4 atom stereocenters. The summed E-state index contributed by atoms with van der Waals surface area (Å²) in [6.45, 7) is 9.93. The minimum Gasteiger partial charge on any atom is -0.380 e. The van der Waals surface area contributed by atoms with Crippen molar-refractivity contribution in [1.29, 1.82) is 0 Å². The summed E-state index contributed by atoms with van der Waals surface area (Å²) in [5.74, 6) is 0.0458. The molecule has 0 spiro atoms. The third-order valence-corrected chi connectivity index (χ3v) is 2.98. The van der Waals surface area contributed by atoms with Crippen molar-refractivity contribution in [3.63, 3.8) is 0 Å². The molecule has 0 saturated carbocycles. The largest absolute Gasteiger partial charge is 0.380 e. The Bertz CT molecular complexity index is 209. The molecule has 0 aliphatic heterocycles. The lowest BCUT2D eigenvalue weighted by molar-refractivity contribution is -0.123. The van der Waals surface area contributed by atoms with Gasteiger partial charge in [-0.3, -0.25) is 4.79 Å². The number of carbonyl (C=O) groups is 1. The van der Waals surface area contributed by atoms with E-state index in [0.717, 1.165) is 6.42 Å². The van der Waals surface area contributed by atoms with Gasteiger partial charge in [0.1, 0.15) is 0 Å². The second kappa shape index (κ2) is 7.63. The molecule has 0 aromatic carbocycles. The van der Waals surface area contributed by atoms with Gasteiger partial charge in [-0.2, -0.15) is 0 Å². The van der Waals surface area contributed by atoms with E-state index in [1.807, 2.05) is 27.7 Å². The molecule has 4 unspecified atom stereocenters. The molecular formula is C12H26N2O2. The summed E-state index contributed by atoms with van der Waals surface area (Å²) < 4.78 is 5.20. The second-order valence-corrected chi connectivity index (χ2v) is 4.44. The van der Waals surface area contributed by atoms with Crippen LogP contribution in [0.25, 0.3) is 0 Å². The van der Waals surface area contributed by atoms with Crippen LogP contribution in [0.2, 0.25) is 0 Å². The fourth-order valence-corrected chi connectivity index (χ4v) is 1.28. The Morgan fingerprint density at radius 3 is 2.25 bits per heavy atom. The third-order valence-electron chi connectivity index (χ3n) is 2.98. The first-order chi connectivity index (χ1) is 7.42. The Hall–Kier alpha value is -0.610. The Kier molecular flexibility index (Phi) is 7.34. The van der Waals surface area contributed by atoms with Gasteiger partial charge >= 0.3 is 0 Å². The summed E-state index contributed by atoms with van der Waals surface area (Å²) in [6.07, 6.45) is 1.04. The molecule has 0 rings (SSSR count). The van der Waals surface area contributed by atoms with Crippen LogP contribution in [0.4, 0.5) is 0 Å². The van der Waals surface area contributed by atoms with Crippen LogP contribution in [0.15, 0.2) is 0 Å². The van der Waals surface area contributed by atoms with Gasteiger partial charge in [0.25, 0.3) is 0 Å². The Morgan fingerprint density at radius 1 is 1.25 bits per heavy atom. The first kappa shape index (κ1) is 15.4. The van der Waals surface area contributed by atoms with Crippen molar-refractivity contribution in [3.8, 4) is 0 Å². The van der Waals surface area contributed by atoms with Gasteiger partial charge in [0.05, 0.1) is 12.1 Å². The van der Waals surface area contributed by atoms with Crippen LogP contribution in [0.5, 0.6) is 0 Å². The minimum atomic E-state index is -0.193. The van der Waals surface area contributed by atoms with Crippen LogP contribution >= 0.6 is 0 Å². The molecule has 96 valence electrons. The van der Waals surface area contributed by atoms with Gasteiger partial charge in [-0.1, -0.05) is 6.92 Å². The lowest BCUT2D eigenvalue weighted by atomic mass is 10.1. The normalized spacial score (nSPS) is 18.6. The molecule has 16 heavy (non-hydrogen) atoms. The molecule has 2 N–H and O–H groups in total. The van der Waals surface area contributed by atoms with Crippen molar-refractivity contribution in [2.24, 2.45) is 0 Å². The maximum Gasteiger partial charge on any atom is 0.237 e. The minimum absolute atomic E-state index is 0.0458. The fourth-order valence-electron chi connectivity index (χ4n) is 1.28. The molecule has 0 aromatic rings. The molecule has 0 aromatic heterocycles. The fraction of sp³-hybridized carbons (Fsp3) is 0.917. The number of hydrogen-bond acceptors (Lipinski definition) is 3. The van der Waals surface area contributed by atoms with Crippen molar-refractivity contribution in [2.75, 3.05) is 7.11 Å². The summed E-state index contributed by atoms with van der Waals surface area (Å²) in [5.41, 5.74) is 0. The highest BCUT2D eigenvalue weighted by Crippen LogP contribution is 1.98. The van der Waals surface area contributed by atoms with Crippen molar-refractivity contribution in [2.45, 2.75) is 65.3 Å². The van der Waals surface area contributed by atoms with Crippen LogP contribution in [0.1, 0.15) is 41.0 Å². The number of methoxy groups -OCH3 is 1. The van der Waals surface area contributed by atoms with Gasteiger partial charge in [0.15, 0.2) is 0 Å². The SMILES string of the molecule is CCC(C)NC(=O)C(C)NC(C)C(C)OC. The highest BCUT2D eigenvalue weighted by Gasteiger charge is 2.19. The van der Waals surface area contributed by atoms with E-state index in [0.29, 0.717) is 0 Å². The van der Waals surface area contributed by atoms with Crippen LogP contribution < -0.4 is 10.6 Å². The van der Waals surface area contributed by atoms with E-state index in [1.165, 1.54) is 0 Å². The second-order valence-electron chi connectivity index (χ2n) is 4.44. The number of carbonyl (C=O) groups excluding carboxylic acids is 1. The molecule has 0 radical (unpaired) electrons. The molecule has 0 bridgehead atoms. The molecule has 0 aliphatic carbocycles. The number of hydrogen-bond donors (Lipinski definition) is 2. The summed E-state index contributed by atoms with van der Waals surface area (Å²) in [6, 6.07) is 0.191. The van der Waals surface area contributed by atoms with E-state index in [4.69, 9.17) is 4.74 Å². The lowest BCUT2D eigenvalue weighted by Gasteiger charge is -2.24. The van der Waals surface area contributed by atoms with Crippen LogP contribution in [-0.2, 0) is 9.53 Å². The summed E-state index contributed by atoms with van der Waals surface area (Å²) in [5, 5.41) is 6.17. The Labute approximate surface area is 99.1 Å². The van der Waals surface area contributed by atoms with Gasteiger partial charge in [0.2, 0.25) is 5.91 Å². The van der Waals surface area contributed by atoms with Gasteiger partial charge in [-0.25, -0.2) is 0 Å². The first-order valence-corrected chi connectivity index (χ1v) is 6.01. The van der Waals surface area contributed by atoms with E-state index in [1.54, 1.807) is 7.11 Å². The summed E-state index contributed by atoms with van der Waals surface area (Å²) in [4.78, 5) is 11.7. The van der Waals surface area contributed by atoms with Crippen molar-refractivity contribution >= 4 is 5.91 Å². The van der Waals surface area contributed by atoms with Gasteiger partial charge in [-0.15, -0.1) is 0 Å². The molecule has 0 saturated heterocycles. The molecule has 4 nitrogen and oxygen atoms in total. The molecule has 1 amide bonds. The lowest BCUT2D eigenvalue weighted by Crippen LogP contribution is -2.50. The van der Waals surface area contributed by atoms with Crippen molar-refractivity contribution in [3.05, 3.63) is 0 Å². The first-order valence-electron chi connectivity index (χ1n) is 6.01. The predicted molar refractivity (Wildman–Crippen MR) is 66.4 cm³/mol.